The van der Waals surface area contributed by atoms with Gasteiger partial charge in [-0.15, -0.1) is 0 Å². The van der Waals surface area contributed by atoms with E-state index in [4.69, 9.17) is 4.74 Å². The Hall–Kier alpha value is -0.410. The van der Waals surface area contributed by atoms with Crippen LogP contribution in [-0.4, -0.2) is 44.0 Å². The van der Waals surface area contributed by atoms with Crippen LogP contribution in [0.5, 0.6) is 0 Å². The summed E-state index contributed by atoms with van der Waals surface area (Å²) in [5.41, 5.74) is -0.176. The quantitative estimate of drug-likeness (QED) is 0.565. The molecular formula is C13H25NO2. The fraction of sp³-hybridized carbons (Fsp3) is 0.923. The highest BCUT2D eigenvalue weighted by Crippen LogP contribution is 2.31. The van der Waals surface area contributed by atoms with Gasteiger partial charge in [-0.05, 0) is 19.3 Å². The molecule has 1 rings (SSSR count). The standard InChI is InChI=1S/C13H25NO2/c1-4-7-13(2,11-15)10-14(8-9-16-3)12-5-6-12/h11-12H,4-10H2,1-3H3. The van der Waals surface area contributed by atoms with Crippen LogP contribution in [0.1, 0.15) is 39.5 Å². The number of rotatable bonds is 9. The number of aldehydes is 1. The average molecular weight is 227 g/mol. The van der Waals surface area contributed by atoms with Crippen molar-refractivity contribution < 1.29 is 9.53 Å². The molecule has 0 N–H and O–H groups in total. The smallest absolute Gasteiger partial charge is 0.127 e. The third-order valence-electron chi connectivity index (χ3n) is 3.32. The van der Waals surface area contributed by atoms with Crippen molar-refractivity contribution >= 4 is 6.29 Å². The average Bonchev–Trinajstić information content (AvgIpc) is 3.08. The topological polar surface area (TPSA) is 29.5 Å². The SMILES string of the molecule is CCCC(C)(C=O)CN(CCOC)C1CC1. The molecule has 3 nitrogen and oxygen atoms in total. The van der Waals surface area contributed by atoms with E-state index in [1.165, 1.54) is 12.8 Å². The van der Waals surface area contributed by atoms with E-state index in [2.05, 4.69) is 18.7 Å². The van der Waals surface area contributed by atoms with Crippen LogP contribution in [0.4, 0.5) is 0 Å². The summed E-state index contributed by atoms with van der Waals surface area (Å²) in [6.07, 6.45) is 5.75. The lowest BCUT2D eigenvalue weighted by atomic mass is 9.86. The summed E-state index contributed by atoms with van der Waals surface area (Å²) in [4.78, 5) is 13.6. The lowest BCUT2D eigenvalue weighted by molar-refractivity contribution is -0.117. The number of ether oxygens (including phenoxy) is 1. The second-order valence-electron chi connectivity index (χ2n) is 5.22. The van der Waals surface area contributed by atoms with Crippen LogP contribution >= 0.6 is 0 Å². The van der Waals surface area contributed by atoms with E-state index in [0.29, 0.717) is 6.04 Å². The predicted octanol–water partition coefficient (Wildman–Crippen LogP) is 2.10. The van der Waals surface area contributed by atoms with Crippen molar-refractivity contribution in [3.05, 3.63) is 0 Å². The summed E-state index contributed by atoms with van der Waals surface area (Å²) in [7, 11) is 1.73. The lowest BCUT2D eigenvalue weighted by Gasteiger charge is -2.31. The molecule has 0 aromatic carbocycles. The Morgan fingerprint density at radius 3 is 2.62 bits per heavy atom. The Bertz CT molecular complexity index is 216. The zero-order valence-corrected chi connectivity index (χ0v) is 10.9. The van der Waals surface area contributed by atoms with Crippen LogP contribution in [0.25, 0.3) is 0 Å². The fourth-order valence-corrected chi connectivity index (χ4v) is 2.25. The van der Waals surface area contributed by atoms with E-state index in [0.717, 1.165) is 38.8 Å². The van der Waals surface area contributed by atoms with Gasteiger partial charge in [-0.2, -0.15) is 0 Å². The summed E-state index contributed by atoms with van der Waals surface area (Å²) in [6.45, 7) is 6.81. The third kappa shape index (κ3) is 4.22. The van der Waals surface area contributed by atoms with E-state index >= 15 is 0 Å². The Labute approximate surface area is 99.1 Å². The van der Waals surface area contributed by atoms with Gasteiger partial charge >= 0.3 is 0 Å². The van der Waals surface area contributed by atoms with Gasteiger partial charge in [0.15, 0.2) is 0 Å². The van der Waals surface area contributed by atoms with Gasteiger partial charge in [0.05, 0.1) is 6.61 Å². The highest BCUT2D eigenvalue weighted by molar-refractivity contribution is 5.59. The van der Waals surface area contributed by atoms with Gasteiger partial charge in [0.2, 0.25) is 0 Å². The molecule has 0 aromatic rings. The molecule has 1 atom stereocenters. The van der Waals surface area contributed by atoms with Crippen LogP contribution in [0.2, 0.25) is 0 Å². The van der Waals surface area contributed by atoms with E-state index in [1.807, 2.05) is 0 Å². The van der Waals surface area contributed by atoms with Crippen molar-refractivity contribution in [1.82, 2.24) is 4.90 Å². The zero-order valence-electron chi connectivity index (χ0n) is 10.9. The van der Waals surface area contributed by atoms with Crippen molar-refractivity contribution in [1.29, 1.82) is 0 Å². The molecule has 0 heterocycles. The van der Waals surface area contributed by atoms with Gasteiger partial charge in [0.1, 0.15) is 6.29 Å². The molecule has 1 fully saturated rings. The zero-order chi connectivity index (χ0) is 12.0. The second kappa shape index (κ2) is 6.36. The molecule has 0 spiro atoms. The highest BCUT2D eigenvalue weighted by atomic mass is 16.5. The first kappa shape index (κ1) is 13.7. The molecule has 94 valence electrons. The molecule has 0 bridgehead atoms. The minimum atomic E-state index is -0.176. The van der Waals surface area contributed by atoms with E-state index in [-0.39, 0.29) is 5.41 Å². The van der Waals surface area contributed by atoms with Gasteiger partial charge in [0, 0.05) is 31.7 Å². The number of nitrogens with zero attached hydrogens (tertiary/aromatic N) is 1. The molecule has 0 saturated heterocycles. The molecule has 0 amide bonds. The van der Waals surface area contributed by atoms with Crippen molar-refractivity contribution in [2.75, 3.05) is 26.8 Å². The molecule has 1 saturated carbocycles. The largest absolute Gasteiger partial charge is 0.383 e. The summed E-state index contributed by atoms with van der Waals surface area (Å²) in [6, 6.07) is 0.700. The fourth-order valence-electron chi connectivity index (χ4n) is 2.25. The minimum Gasteiger partial charge on any atom is -0.383 e. The van der Waals surface area contributed by atoms with Gasteiger partial charge < -0.3 is 9.53 Å². The number of carbonyl (C=O) groups excluding carboxylic acids is 1. The van der Waals surface area contributed by atoms with Gasteiger partial charge in [-0.3, -0.25) is 4.90 Å². The van der Waals surface area contributed by atoms with Crippen LogP contribution in [-0.2, 0) is 9.53 Å². The van der Waals surface area contributed by atoms with Gasteiger partial charge in [-0.25, -0.2) is 0 Å². The lowest BCUT2D eigenvalue weighted by Crippen LogP contribution is -2.40. The maximum Gasteiger partial charge on any atom is 0.127 e. The minimum absolute atomic E-state index is 0.176. The molecule has 1 aliphatic carbocycles. The van der Waals surface area contributed by atoms with Crippen LogP contribution in [0.15, 0.2) is 0 Å². The van der Waals surface area contributed by atoms with Crippen LogP contribution in [0, 0.1) is 5.41 Å². The second-order valence-corrected chi connectivity index (χ2v) is 5.22. The Morgan fingerprint density at radius 2 is 2.19 bits per heavy atom. The highest BCUT2D eigenvalue weighted by Gasteiger charge is 2.34. The van der Waals surface area contributed by atoms with Crippen LogP contribution < -0.4 is 0 Å². The van der Waals surface area contributed by atoms with Crippen LogP contribution in [0.3, 0.4) is 0 Å². The van der Waals surface area contributed by atoms with Crippen molar-refractivity contribution in [3.63, 3.8) is 0 Å². The summed E-state index contributed by atoms with van der Waals surface area (Å²) in [5.74, 6) is 0. The molecule has 16 heavy (non-hydrogen) atoms. The number of carbonyl (C=O) groups is 1. The first-order valence-electron chi connectivity index (χ1n) is 6.34. The molecule has 0 aliphatic heterocycles. The van der Waals surface area contributed by atoms with Gasteiger partial charge in [0.25, 0.3) is 0 Å². The Kier molecular flexibility index (Phi) is 5.42. The number of hydrogen-bond donors (Lipinski definition) is 0. The summed E-state index contributed by atoms with van der Waals surface area (Å²) < 4.78 is 5.13. The molecule has 0 aromatic heterocycles. The predicted molar refractivity (Wildman–Crippen MR) is 65.6 cm³/mol. The van der Waals surface area contributed by atoms with Gasteiger partial charge in [-0.1, -0.05) is 20.3 Å². The van der Waals surface area contributed by atoms with E-state index in [1.54, 1.807) is 7.11 Å². The first-order chi connectivity index (χ1) is 7.65. The summed E-state index contributed by atoms with van der Waals surface area (Å²) >= 11 is 0. The normalized spacial score (nSPS) is 19.8. The molecule has 0 radical (unpaired) electrons. The van der Waals surface area contributed by atoms with Crippen molar-refractivity contribution in [3.8, 4) is 0 Å². The molecular weight excluding hydrogens is 202 g/mol. The molecule has 1 unspecified atom stereocenters. The van der Waals surface area contributed by atoms with Crippen molar-refractivity contribution in [2.45, 2.75) is 45.6 Å². The first-order valence-corrected chi connectivity index (χ1v) is 6.34. The number of hydrogen-bond acceptors (Lipinski definition) is 3. The van der Waals surface area contributed by atoms with Crippen molar-refractivity contribution in [2.24, 2.45) is 5.41 Å². The third-order valence-corrected chi connectivity index (χ3v) is 3.32. The number of methoxy groups -OCH3 is 1. The van der Waals surface area contributed by atoms with E-state index < -0.39 is 0 Å². The maximum absolute atomic E-state index is 11.2. The maximum atomic E-state index is 11.2. The monoisotopic (exact) mass is 227 g/mol. The molecule has 3 heteroatoms. The Balaban J connectivity index is 2.47. The van der Waals surface area contributed by atoms with E-state index in [9.17, 15) is 4.79 Å². The summed E-state index contributed by atoms with van der Waals surface area (Å²) in [5, 5.41) is 0. The Morgan fingerprint density at radius 1 is 1.50 bits per heavy atom. The molecule has 1 aliphatic rings.